The molecule has 2 aromatic rings. The summed E-state index contributed by atoms with van der Waals surface area (Å²) in [6.45, 7) is 1.86. The Morgan fingerprint density at radius 3 is 2.27 bits per heavy atom. The summed E-state index contributed by atoms with van der Waals surface area (Å²) in [7, 11) is -0.994. The SMILES string of the molecule is COc1ccc(C)cc1NS(=O)(=O)c1cc(Cl)ccc1OC. The Hall–Kier alpha value is -1.92. The molecule has 0 atom stereocenters. The van der Waals surface area contributed by atoms with E-state index in [4.69, 9.17) is 21.1 Å². The molecular weight excluding hydrogens is 326 g/mol. The number of methoxy groups -OCH3 is 2. The van der Waals surface area contributed by atoms with Crippen LogP contribution < -0.4 is 14.2 Å². The van der Waals surface area contributed by atoms with Gasteiger partial charge in [0.25, 0.3) is 10.0 Å². The van der Waals surface area contributed by atoms with E-state index in [1.165, 1.54) is 26.4 Å². The molecule has 0 heterocycles. The molecule has 0 radical (unpaired) electrons. The molecule has 0 saturated carbocycles. The van der Waals surface area contributed by atoms with Gasteiger partial charge in [0.1, 0.15) is 16.4 Å². The van der Waals surface area contributed by atoms with Crippen molar-refractivity contribution in [1.82, 2.24) is 0 Å². The molecule has 0 aliphatic carbocycles. The molecule has 0 fully saturated rings. The zero-order chi connectivity index (χ0) is 16.3. The van der Waals surface area contributed by atoms with Crippen molar-refractivity contribution in [1.29, 1.82) is 0 Å². The van der Waals surface area contributed by atoms with Crippen molar-refractivity contribution < 1.29 is 17.9 Å². The van der Waals surface area contributed by atoms with Crippen molar-refractivity contribution in [2.75, 3.05) is 18.9 Å². The lowest BCUT2D eigenvalue weighted by Gasteiger charge is -2.14. The number of hydrogen-bond acceptors (Lipinski definition) is 4. The second kappa shape index (κ2) is 6.46. The Labute approximate surface area is 134 Å². The quantitative estimate of drug-likeness (QED) is 0.904. The number of nitrogens with one attached hydrogen (secondary N) is 1. The highest BCUT2D eigenvalue weighted by atomic mass is 35.5. The number of hydrogen-bond donors (Lipinski definition) is 1. The van der Waals surface area contributed by atoms with Crippen LogP contribution in [0.4, 0.5) is 5.69 Å². The molecule has 0 aliphatic rings. The maximum atomic E-state index is 12.6. The van der Waals surface area contributed by atoms with Gasteiger partial charge in [0.15, 0.2) is 0 Å². The first kappa shape index (κ1) is 16.5. The van der Waals surface area contributed by atoms with Gasteiger partial charge in [-0.15, -0.1) is 0 Å². The van der Waals surface area contributed by atoms with Crippen molar-refractivity contribution in [3.05, 3.63) is 47.0 Å². The van der Waals surface area contributed by atoms with Gasteiger partial charge in [0.2, 0.25) is 0 Å². The third kappa shape index (κ3) is 3.45. The monoisotopic (exact) mass is 341 g/mol. The van der Waals surface area contributed by atoms with Crippen LogP contribution in [0.25, 0.3) is 0 Å². The highest BCUT2D eigenvalue weighted by Gasteiger charge is 2.21. The maximum absolute atomic E-state index is 12.6. The van der Waals surface area contributed by atoms with E-state index in [1.54, 1.807) is 18.2 Å². The van der Waals surface area contributed by atoms with Crippen LogP contribution in [0.5, 0.6) is 11.5 Å². The average molecular weight is 342 g/mol. The predicted octanol–water partition coefficient (Wildman–Crippen LogP) is 3.47. The van der Waals surface area contributed by atoms with Gasteiger partial charge in [-0.2, -0.15) is 0 Å². The molecule has 0 amide bonds. The summed E-state index contributed by atoms with van der Waals surface area (Å²) in [4.78, 5) is -0.0361. The predicted molar refractivity (Wildman–Crippen MR) is 86.5 cm³/mol. The fourth-order valence-corrected chi connectivity index (χ4v) is 3.46. The topological polar surface area (TPSA) is 64.6 Å². The van der Waals surface area contributed by atoms with E-state index in [-0.39, 0.29) is 10.6 Å². The van der Waals surface area contributed by atoms with E-state index in [0.717, 1.165) is 5.56 Å². The lowest BCUT2D eigenvalue weighted by molar-refractivity contribution is 0.403. The molecule has 0 spiro atoms. The lowest BCUT2D eigenvalue weighted by atomic mass is 10.2. The molecule has 0 aromatic heterocycles. The molecule has 0 aliphatic heterocycles. The average Bonchev–Trinajstić information content (AvgIpc) is 2.47. The van der Waals surface area contributed by atoms with Gasteiger partial charge in [-0.1, -0.05) is 17.7 Å². The minimum atomic E-state index is -3.87. The summed E-state index contributed by atoms with van der Waals surface area (Å²) in [5, 5.41) is 0.303. The Bertz CT molecular complexity index is 790. The van der Waals surface area contributed by atoms with E-state index in [1.807, 2.05) is 13.0 Å². The van der Waals surface area contributed by atoms with Gasteiger partial charge >= 0.3 is 0 Å². The summed E-state index contributed by atoms with van der Waals surface area (Å²) in [6, 6.07) is 9.62. The fourth-order valence-electron chi connectivity index (χ4n) is 1.96. The van der Waals surface area contributed by atoms with Crippen molar-refractivity contribution >= 4 is 27.3 Å². The van der Waals surface area contributed by atoms with E-state index in [0.29, 0.717) is 16.5 Å². The minimum absolute atomic E-state index is 0.0361. The van der Waals surface area contributed by atoms with Crippen molar-refractivity contribution in [2.24, 2.45) is 0 Å². The Morgan fingerprint density at radius 1 is 1.00 bits per heavy atom. The smallest absolute Gasteiger partial charge is 0.265 e. The summed E-state index contributed by atoms with van der Waals surface area (Å²) < 4.78 is 38.0. The standard InChI is InChI=1S/C15H16ClNO4S/c1-10-4-6-13(20-2)12(8-10)17-22(18,19)15-9-11(16)5-7-14(15)21-3/h4-9,17H,1-3H3. The molecule has 2 rings (SSSR count). The van der Waals surface area contributed by atoms with E-state index >= 15 is 0 Å². The van der Waals surface area contributed by atoms with Crippen molar-refractivity contribution in [3.8, 4) is 11.5 Å². The fraction of sp³-hybridized carbons (Fsp3) is 0.200. The summed E-state index contributed by atoms with van der Waals surface area (Å²) in [5.41, 5.74) is 1.25. The molecule has 2 aromatic carbocycles. The first-order valence-corrected chi connectivity index (χ1v) is 8.24. The molecule has 118 valence electrons. The number of halogens is 1. The van der Waals surface area contributed by atoms with Gasteiger partial charge in [-0.25, -0.2) is 8.42 Å². The Balaban J connectivity index is 2.49. The number of sulfonamides is 1. The first-order chi connectivity index (χ1) is 10.4. The van der Waals surface area contributed by atoms with Crippen LogP contribution in [-0.4, -0.2) is 22.6 Å². The minimum Gasteiger partial charge on any atom is -0.495 e. The van der Waals surface area contributed by atoms with Crippen LogP contribution in [0.15, 0.2) is 41.3 Å². The molecule has 7 heteroatoms. The second-order valence-electron chi connectivity index (χ2n) is 4.60. The maximum Gasteiger partial charge on any atom is 0.265 e. The summed E-state index contributed by atoms with van der Waals surface area (Å²) in [6.07, 6.45) is 0. The third-order valence-electron chi connectivity index (χ3n) is 3.01. The number of aryl methyl sites for hydroxylation is 1. The number of rotatable bonds is 5. The van der Waals surface area contributed by atoms with E-state index in [2.05, 4.69) is 4.72 Å². The Morgan fingerprint density at radius 2 is 1.64 bits per heavy atom. The van der Waals surface area contributed by atoms with E-state index < -0.39 is 10.0 Å². The summed E-state index contributed by atoms with van der Waals surface area (Å²) in [5.74, 6) is 0.638. The van der Waals surface area contributed by atoms with Crippen molar-refractivity contribution in [3.63, 3.8) is 0 Å². The van der Waals surface area contributed by atoms with Crippen LogP contribution in [0, 0.1) is 6.92 Å². The largest absolute Gasteiger partial charge is 0.495 e. The first-order valence-electron chi connectivity index (χ1n) is 6.38. The zero-order valence-electron chi connectivity index (χ0n) is 12.4. The third-order valence-corrected chi connectivity index (χ3v) is 4.64. The molecule has 22 heavy (non-hydrogen) atoms. The highest BCUT2D eigenvalue weighted by Crippen LogP contribution is 2.32. The van der Waals surface area contributed by atoms with E-state index in [9.17, 15) is 8.42 Å². The number of anilines is 1. The van der Waals surface area contributed by atoms with Crippen LogP contribution in [-0.2, 0) is 10.0 Å². The zero-order valence-corrected chi connectivity index (χ0v) is 14.0. The second-order valence-corrected chi connectivity index (χ2v) is 6.69. The lowest BCUT2D eigenvalue weighted by Crippen LogP contribution is -2.15. The van der Waals surface area contributed by atoms with Gasteiger partial charge in [-0.05, 0) is 42.8 Å². The molecule has 0 bridgehead atoms. The number of benzene rings is 2. The molecular formula is C15H16ClNO4S. The Kier molecular flexibility index (Phi) is 4.83. The molecule has 1 N–H and O–H groups in total. The highest BCUT2D eigenvalue weighted by molar-refractivity contribution is 7.92. The van der Waals surface area contributed by atoms with Crippen LogP contribution in [0.3, 0.4) is 0 Å². The van der Waals surface area contributed by atoms with Gasteiger partial charge < -0.3 is 9.47 Å². The van der Waals surface area contributed by atoms with Crippen LogP contribution >= 0.6 is 11.6 Å². The molecule has 0 saturated heterocycles. The molecule has 5 nitrogen and oxygen atoms in total. The van der Waals surface area contributed by atoms with Crippen LogP contribution in [0.2, 0.25) is 5.02 Å². The van der Waals surface area contributed by atoms with Gasteiger partial charge in [0.05, 0.1) is 19.9 Å². The summed E-state index contributed by atoms with van der Waals surface area (Å²) >= 11 is 5.89. The normalized spacial score (nSPS) is 11.1. The molecule has 0 unspecified atom stereocenters. The number of ether oxygens (including phenoxy) is 2. The van der Waals surface area contributed by atoms with Gasteiger partial charge in [0, 0.05) is 5.02 Å². The van der Waals surface area contributed by atoms with Gasteiger partial charge in [-0.3, -0.25) is 4.72 Å². The van der Waals surface area contributed by atoms with Crippen LogP contribution in [0.1, 0.15) is 5.56 Å². The van der Waals surface area contributed by atoms with Crippen molar-refractivity contribution in [2.45, 2.75) is 11.8 Å².